The molecule has 2 N–H and O–H groups in total. The van der Waals surface area contributed by atoms with E-state index in [0.717, 1.165) is 0 Å². The van der Waals surface area contributed by atoms with Crippen molar-refractivity contribution in [3.05, 3.63) is 54.1 Å². The molecule has 0 saturated heterocycles. The van der Waals surface area contributed by atoms with Crippen LogP contribution in [0.15, 0.2) is 48.5 Å². The van der Waals surface area contributed by atoms with E-state index < -0.39 is 17.4 Å². The lowest BCUT2D eigenvalue weighted by Crippen LogP contribution is -2.56. The number of anilines is 2. The number of hydrogen-bond acceptors (Lipinski definition) is 3. The molecule has 0 fully saturated rings. The third-order valence-electron chi connectivity index (χ3n) is 4.15. The highest BCUT2D eigenvalue weighted by molar-refractivity contribution is 6.18. The van der Waals surface area contributed by atoms with E-state index in [1.807, 2.05) is 24.3 Å². The molecular weight excluding hydrogens is 304 g/mol. The highest BCUT2D eigenvalue weighted by Crippen LogP contribution is 2.33. The lowest BCUT2D eigenvalue weighted by Gasteiger charge is -2.33. The third kappa shape index (κ3) is 2.85. The Balaban J connectivity index is 1.80. The lowest BCUT2D eigenvalue weighted by atomic mass is 10.0. The molecule has 124 valence electrons. The van der Waals surface area contributed by atoms with Crippen LogP contribution in [0.4, 0.5) is 11.4 Å². The number of carbonyl (C=O) groups excluding carboxylic acids is 2. The fraction of sp³-hybridized carbons (Fsp3) is 0.263. The van der Waals surface area contributed by atoms with Gasteiger partial charge in [0.15, 0.2) is 0 Å². The summed E-state index contributed by atoms with van der Waals surface area (Å²) < 4.78 is 5.70. The van der Waals surface area contributed by atoms with Gasteiger partial charge in [0.2, 0.25) is 0 Å². The molecule has 0 bridgehead atoms. The van der Waals surface area contributed by atoms with Crippen LogP contribution in [0, 0.1) is 0 Å². The van der Waals surface area contributed by atoms with E-state index in [2.05, 4.69) is 24.5 Å². The number of rotatable bonds is 3. The SMILES string of the molecule is CC(C)c1ccc(NC(=O)C2(C)Oc3ccccc3NC2=O)cc1. The molecule has 2 aromatic rings. The van der Waals surface area contributed by atoms with E-state index in [9.17, 15) is 9.59 Å². The van der Waals surface area contributed by atoms with Crippen LogP contribution in [0.1, 0.15) is 32.3 Å². The molecule has 5 heteroatoms. The molecule has 0 spiro atoms. The van der Waals surface area contributed by atoms with Crippen molar-refractivity contribution in [3.8, 4) is 5.75 Å². The van der Waals surface area contributed by atoms with E-state index in [1.165, 1.54) is 12.5 Å². The number of ether oxygens (including phenoxy) is 1. The maximum atomic E-state index is 12.6. The lowest BCUT2D eigenvalue weighted by molar-refractivity contribution is -0.143. The van der Waals surface area contributed by atoms with Gasteiger partial charge in [0, 0.05) is 5.69 Å². The molecule has 1 atom stereocenters. The van der Waals surface area contributed by atoms with Gasteiger partial charge in [-0.3, -0.25) is 9.59 Å². The maximum Gasteiger partial charge on any atom is 0.278 e. The fourth-order valence-electron chi connectivity index (χ4n) is 2.52. The summed E-state index contributed by atoms with van der Waals surface area (Å²) >= 11 is 0. The summed E-state index contributed by atoms with van der Waals surface area (Å²) in [4.78, 5) is 25.0. The van der Waals surface area contributed by atoms with Crippen molar-refractivity contribution in [1.29, 1.82) is 0 Å². The zero-order valence-corrected chi connectivity index (χ0v) is 13.9. The smallest absolute Gasteiger partial charge is 0.278 e. The van der Waals surface area contributed by atoms with Crippen molar-refractivity contribution in [2.45, 2.75) is 32.3 Å². The molecule has 1 aliphatic rings. The molecule has 0 saturated carbocycles. The van der Waals surface area contributed by atoms with Gasteiger partial charge in [-0.2, -0.15) is 0 Å². The van der Waals surface area contributed by atoms with Crippen molar-refractivity contribution >= 4 is 23.2 Å². The summed E-state index contributed by atoms with van der Waals surface area (Å²) in [6.07, 6.45) is 0. The monoisotopic (exact) mass is 324 g/mol. The van der Waals surface area contributed by atoms with E-state index in [0.29, 0.717) is 23.0 Å². The molecule has 2 aromatic carbocycles. The van der Waals surface area contributed by atoms with Crippen LogP contribution in [0.3, 0.4) is 0 Å². The topological polar surface area (TPSA) is 67.4 Å². The first-order valence-corrected chi connectivity index (χ1v) is 7.91. The highest BCUT2D eigenvalue weighted by Gasteiger charge is 2.47. The second-order valence-electron chi connectivity index (χ2n) is 6.32. The first kappa shape index (κ1) is 16.1. The Labute approximate surface area is 141 Å². The minimum Gasteiger partial charge on any atom is -0.466 e. The summed E-state index contributed by atoms with van der Waals surface area (Å²) in [5.41, 5.74) is 0.750. The van der Waals surface area contributed by atoms with E-state index in [-0.39, 0.29) is 0 Å². The van der Waals surface area contributed by atoms with Gasteiger partial charge in [-0.15, -0.1) is 0 Å². The fourth-order valence-corrected chi connectivity index (χ4v) is 2.52. The van der Waals surface area contributed by atoms with E-state index >= 15 is 0 Å². The predicted molar refractivity (Wildman–Crippen MR) is 93.3 cm³/mol. The Morgan fingerprint density at radius 2 is 1.79 bits per heavy atom. The van der Waals surface area contributed by atoms with Crippen LogP contribution in [-0.2, 0) is 9.59 Å². The van der Waals surface area contributed by atoms with Crippen molar-refractivity contribution in [3.63, 3.8) is 0 Å². The minimum absolute atomic E-state index is 0.413. The molecule has 0 aromatic heterocycles. The maximum absolute atomic E-state index is 12.6. The average molecular weight is 324 g/mol. The molecule has 1 unspecified atom stereocenters. The van der Waals surface area contributed by atoms with Gasteiger partial charge in [0.25, 0.3) is 17.4 Å². The van der Waals surface area contributed by atoms with Gasteiger partial charge in [0.05, 0.1) is 5.69 Å². The number of carbonyl (C=O) groups is 2. The third-order valence-corrected chi connectivity index (χ3v) is 4.15. The van der Waals surface area contributed by atoms with E-state index in [4.69, 9.17) is 4.74 Å². The number of amides is 2. The number of fused-ring (bicyclic) bond motifs is 1. The minimum atomic E-state index is -1.62. The predicted octanol–water partition coefficient (Wildman–Crippen LogP) is 3.54. The largest absolute Gasteiger partial charge is 0.466 e. The number of benzene rings is 2. The Hall–Kier alpha value is -2.82. The van der Waals surface area contributed by atoms with E-state index in [1.54, 1.807) is 24.3 Å². The Bertz CT molecular complexity index is 783. The molecule has 0 radical (unpaired) electrons. The van der Waals surface area contributed by atoms with Crippen molar-refractivity contribution in [2.75, 3.05) is 10.6 Å². The number of nitrogens with one attached hydrogen (secondary N) is 2. The average Bonchev–Trinajstić information content (AvgIpc) is 2.56. The zero-order valence-electron chi connectivity index (χ0n) is 13.9. The van der Waals surface area contributed by atoms with Gasteiger partial charge in [0.1, 0.15) is 5.75 Å². The van der Waals surface area contributed by atoms with Crippen LogP contribution in [0.25, 0.3) is 0 Å². The summed E-state index contributed by atoms with van der Waals surface area (Å²) in [6.45, 7) is 5.68. The Kier molecular flexibility index (Phi) is 4.01. The van der Waals surface area contributed by atoms with Crippen molar-refractivity contribution in [2.24, 2.45) is 0 Å². The second kappa shape index (κ2) is 6.00. The van der Waals surface area contributed by atoms with Crippen LogP contribution in [0.2, 0.25) is 0 Å². The first-order valence-electron chi connectivity index (χ1n) is 7.91. The van der Waals surface area contributed by atoms with Crippen LogP contribution >= 0.6 is 0 Å². The molecule has 2 amide bonds. The quantitative estimate of drug-likeness (QED) is 0.849. The summed E-state index contributed by atoms with van der Waals surface area (Å²) in [7, 11) is 0. The summed E-state index contributed by atoms with van der Waals surface area (Å²) in [6, 6.07) is 14.6. The molecule has 1 aliphatic heterocycles. The van der Waals surface area contributed by atoms with Gasteiger partial charge in [-0.1, -0.05) is 38.1 Å². The Morgan fingerprint density at radius 3 is 2.46 bits per heavy atom. The molecule has 3 rings (SSSR count). The molecule has 5 nitrogen and oxygen atoms in total. The normalized spacial score (nSPS) is 19.2. The molecule has 0 aliphatic carbocycles. The van der Waals surface area contributed by atoms with Gasteiger partial charge in [-0.25, -0.2) is 0 Å². The van der Waals surface area contributed by atoms with Gasteiger partial charge < -0.3 is 15.4 Å². The molecule has 24 heavy (non-hydrogen) atoms. The van der Waals surface area contributed by atoms with Crippen LogP contribution < -0.4 is 15.4 Å². The summed E-state index contributed by atoms with van der Waals surface area (Å²) in [5.74, 6) is -0.106. The molecular formula is C19H20N2O3. The highest BCUT2D eigenvalue weighted by atomic mass is 16.5. The summed E-state index contributed by atoms with van der Waals surface area (Å²) in [5, 5.41) is 5.47. The van der Waals surface area contributed by atoms with Gasteiger partial charge >= 0.3 is 0 Å². The zero-order chi connectivity index (χ0) is 17.3. The van der Waals surface area contributed by atoms with Crippen LogP contribution in [-0.4, -0.2) is 17.4 Å². The second-order valence-corrected chi connectivity index (χ2v) is 6.32. The molecule has 1 heterocycles. The van der Waals surface area contributed by atoms with Crippen molar-refractivity contribution < 1.29 is 14.3 Å². The first-order chi connectivity index (χ1) is 11.4. The number of hydrogen-bond donors (Lipinski definition) is 2. The van der Waals surface area contributed by atoms with Crippen molar-refractivity contribution in [1.82, 2.24) is 0 Å². The Morgan fingerprint density at radius 1 is 1.12 bits per heavy atom. The van der Waals surface area contributed by atoms with Crippen LogP contribution in [0.5, 0.6) is 5.75 Å². The standard InChI is InChI=1S/C19H20N2O3/c1-12(2)13-8-10-14(11-9-13)20-17(22)19(3)18(23)21-15-6-4-5-7-16(15)24-19/h4-12H,1-3H3,(H,20,22)(H,21,23). The number of para-hydroxylation sites is 2. The van der Waals surface area contributed by atoms with Gasteiger partial charge in [-0.05, 0) is 42.7 Å².